The smallest absolute Gasteiger partial charge is 0.273 e. The summed E-state index contributed by atoms with van der Waals surface area (Å²) in [5.41, 5.74) is 0.216. The van der Waals surface area contributed by atoms with Crippen molar-refractivity contribution in [1.29, 1.82) is 0 Å². The van der Waals surface area contributed by atoms with E-state index in [0.717, 1.165) is 6.07 Å². The second kappa shape index (κ2) is 3.46. The molecule has 0 aromatic heterocycles. The number of aliphatic hydroxyl groups excluding tert-OH is 1. The van der Waals surface area contributed by atoms with Crippen LogP contribution in [0.25, 0.3) is 0 Å². The number of carbonyl (C=O) groups excluding carboxylic acids is 1. The number of aliphatic hydroxyl groups is 1. The van der Waals surface area contributed by atoms with Crippen molar-refractivity contribution >= 4 is 17.3 Å². The van der Waals surface area contributed by atoms with Crippen LogP contribution < -0.4 is 10.1 Å². The van der Waals surface area contributed by atoms with Crippen molar-refractivity contribution in [2.75, 3.05) is 12.4 Å². The molecule has 0 bridgehead atoms. The zero-order valence-corrected chi connectivity index (χ0v) is 8.26. The molecule has 1 unspecified atom stereocenters. The van der Waals surface area contributed by atoms with Crippen LogP contribution in [0.5, 0.6) is 5.75 Å². The Labute approximate surface area is 89.8 Å². The lowest BCUT2D eigenvalue weighted by molar-refractivity contribution is -0.385. The van der Waals surface area contributed by atoms with Gasteiger partial charge in [0, 0.05) is 11.6 Å². The summed E-state index contributed by atoms with van der Waals surface area (Å²) in [4.78, 5) is 21.2. The monoisotopic (exact) mass is 224 g/mol. The van der Waals surface area contributed by atoms with Crippen LogP contribution in [0.1, 0.15) is 11.7 Å². The van der Waals surface area contributed by atoms with E-state index in [1.165, 1.54) is 13.2 Å². The maximum atomic E-state index is 11.2. The fourth-order valence-corrected chi connectivity index (χ4v) is 1.57. The third-order valence-electron chi connectivity index (χ3n) is 2.34. The fourth-order valence-electron chi connectivity index (χ4n) is 1.57. The van der Waals surface area contributed by atoms with Crippen LogP contribution in [-0.4, -0.2) is 23.0 Å². The molecule has 0 fully saturated rings. The Bertz CT molecular complexity index is 485. The fraction of sp³-hybridized carbons (Fsp3) is 0.222. The van der Waals surface area contributed by atoms with Crippen molar-refractivity contribution in [2.24, 2.45) is 0 Å². The summed E-state index contributed by atoms with van der Waals surface area (Å²) in [5.74, 6) is -0.456. The minimum atomic E-state index is -1.39. The topological polar surface area (TPSA) is 102 Å². The predicted molar refractivity (Wildman–Crippen MR) is 53.2 cm³/mol. The number of carbonyl (C=O) groups is 1. The Morgan fingerprint density at radius 1 is 1.56 bits per heavy atom. The van der Waals surface area contributed by atoms with Gasteiger partial charge in [-0.3, -0.25) is 14.9 Å². The summed E-state index contributed by atoms with van der Waals surface area (Å²) in [7, 11) is 1.33. The van der Waals surface area contributed by atoms with Gasteiger partial charge < -0.3 is 15.2 Å². The van der Waals surface area contributed by atoms with Crippen LogP contribution in [0.3, 0.4) is 0 Å². The number of fused-ring (bicyclic) bond motifs is 1. The molecule has 1 aliphatic rings. The van der Waals surface area contributed by atoms with Crippen molar-refractivity contribution in [3.05, 3.63) is 27.8 Å². The molecule has 1 aliphatic heterocycles. The summed E-state index contributed by atoms with van der Waals surface area (Å²) >= 11 is 0. The number of anilines is 1. The number of nitro benzene ring substituents is 1. The molecule has 2 N–H and O–H groups in total. The molecule has 16 heavy (non-hydrogen) atoms. The summed E-state index contributed by atoms with van der Waals surface area (Å²) in [6.45, 7) is 0. The molecule has 7 heteroatoms. The second-order valence-corrected chi connectivity index (χ2v) is 3.26. The highest BCUT2D eigenvalue weighted by molar-refractivity contribution is 6.03. The molecule has 1 aromatic carbocycles. The zero-order valence-electron chi connectivity index (χ0n) is 8.26. The van der Waals surface area contributed by atoms with E-state index >= 15 is 0 Å². The van der Waals surface area contributed by atoms with Crippen LogP contribution in [0.2, 0.25) is 0 Å². The molecule has 0 saturated heterocycles. The highest BCUT2D eigenvalue weighted by atomic mass is 16.6. The molecule has 0 saturated carbocycles. The Morgan fingerprint density at radius 3 is 2.81 bits per heavy atom. The number of hydrogen-bond acceptors (Lipinski definition) is 5. The number of hydrogen-bond donors (Lipinski definition) is 2. The molecule has 1 aromatic rings. The Hall–Kier alpha value is -2.15. The molecule has 1 amide bonds. The van der Waals surface area contributed by atoms with Crippen molar-refractivity contribution in [3.63, 3.8) is 0 Å². The zero-order chi connectivity index (χ0) is 11.9. The van der Waals surface area contributed by atoms with Gasteiger partial charge in [-0.05, 0) is 0 Å². The average Bonchev–Trinajstić information content (AvgIpc) is 2.54. The summed E-state index contributed by atoms with van der Waals surface area (Å²) in [5, 5.41) is 22.5. The maximum absolute atomic E-state index is 11.2. The number of ether oxygens (including phenoxy) is 1. The number of non-ortho nitro benzene ring substituents is 1. The van der Waals surface area contributed by atoms with E-state index in [-0.39, 0.29) is 22.7 Å². The number of rotatable bonds is 2. The number of benzene rings is 1. The molecule has 0 spiro atoms. The molecular weight excluding hydrogens is 216 g/mol. The van der Waals surface area contributed by atoms with E-state index in [2.05, 4.69) is 5.32 Å². The van der Waals surface area contributed by atoms with Crippen LogP contribution in [0.4, 0.5) is 11.4 Å². The molecule has 7 nitrogen and oxygen atoms in total. The van der Waals surface area contributed by atoms with Crippen LogP contribution in [0, 0.1) is 10.1 Å². The maximum Gasteiger partial charge on any atom is 0.273 e. The van der Waals surface area contributed by atoms with Gasteiger partial charge in [-0.25, -0.2) is 0 Å². The lowest BCUT2D eigenvalue weighted by atomic mass is 10.1. The van der Waals surface area contributed by atoms with Crippen LogP contribution in [0.15, 0.2) is 12.1 Å². The normalized spacial score (nSPS) is 17.9. The predicted octanol–water partition coefficient (Wildman–Crippen LogP) is 0.589. The van der Waals surface area contributed by atoms with Crippen molar-refractivity contribution in [2.45, 2.75) is 6.10 Å². The van der Waals surface area contributed by atoms with Gasteiger partial charge in [0.15, 0.2) is 6.10 Å². The van der Waals surface area contributed by atoms with Crippen LogP contribution in [-0.2, 0) is 4.79 Å². The largest absolute Gasteiger partial charge is 0.494 e. The number of amides is 1. The van der Waals surface area contributed by atoms with E-state index in [1.807, 2.05) is 0 Å². The molecule has 84 valence electrons. The number of nitrogens with zero attached hydrogens (tertiary/aromatic N) is 1. The molecule has 1 atom stereocenters. The van der Waals surface area contributed by atoms with Gasteiger partial charge in [-0.15, -0.1) is 0 Å². The van der Waals surface area contributed by atoms with E-state index in [4.69, 9.17) is 4.74 Å². The second-order valence-electron chi connectivity index (χ2n) is 3.26. The molecule has 1 heterocycles. The first-order valence-electron chi connectivity index (χ1n) is 4.40. The van der Waals surface area contributed by atoms with Gasteiger partial charge in [0.25, 0.3) is 11.6 Å². The van der Waals surface area contributed by atoms with Crippen molar-refractivity contribution in [1.82, 2.24) is 0 Å². The van der Waals surface area contributed by atoms with Crippen molar-refractivity contribution < 1.29 is 19.6 Å². The summed E-state index contributed by atoms with van der Waals surface area (Å²) in [6, 6.07) is 2.34. The third kappa shape index (κ3) is 1.38. The quantitative estimate of drug-likeness (QED) is 0.565. The number of nitro groups is 1. The van der Waals surface area contributed by atoms with E-state index in [0.29, 0.717) is 0 Å². The van der Waals surface area contributed by atoms with Gasteiger partial charge in [0.05, 0.1) is 23.8 Å². The lowest BCUT2D eigenvalue weighted by Crippen LogP contribution is -2.10. The first-order valence-corrected chi connectivity index (χ1v) is 4.40. The lowest BCUT2D eigenvalue weighted by Gasteiger charge is -2.06. The van der Waals surface area contributed by atoms with Crippen molar-refractivity contribution in [3.8, 4) is 5.75 Å². The highest BCUT2D eigenvalue weighted by Crippen LogP contribution is 2.41. The van der Waals surface area contributed by atoms with Gasteiger partial charge >= 0.3 is 0 Å². The first-order chi connectivity index (χ1) is 7.54. The highest BCUT2D eigenvalue weighted by Gasteiger charge is 2.33. The van der Waals surface area contributed by atoms with Gasteiger partial charge in [-0.2, -0.15) is 0 Å². The number of nitrogens with one attached hydrogen (secondary N) is 1. The van der Waals surface area contributed by atoms with E-state index in [1.54, 1.807) is 0 Å². The minimum Gasteiger partial charge on any atom is -0.494 e. The SMILES string of the molecule is COc1cc([N+](=O)[O-])cc2c1NC(=O)C2O. The molecular formula is C9H8N2O5. The first kappa shape index (κ1) is 10.4. The molecule has 0 radical (unpaired) electrons. The Morgan fingerprint density at radius 2 is 2.25 bits per heavy atom. The van der Waals surface area contributed by atoms with Crippen LogP contribution >= 0.6 is 0 Å². The standard InChI is InChI=1S/C9H8N2O5/c1-16-6-3-4(11(14)15)2-5-7(6)10-9(13)8(5)12/h2-3,8,12H,1H3,(H,10,13). The molecule has 2 rings (SSSR count). The Kier molecular flexibility index (Phi) is 2.24. The van der Waals surface area contributed by atoms with E-state index < -0.39 is 16.9 Å². The summed E-state index contributed by atoms with van der Waals surface area (Å²) < 4.78 is 4.91. The van der Waals surface area contributed by atoms with E-state index in [9.17, 15) is 20.0 Å². The van der Waals surface area contributed by atoms with Gasteiger partial charge in [0.2, 0.25) is 0 Å². The number of methoxy groups -OCH3 is 1. The summed E-state index contributed by atoms with van der Waals surface area (Å²) in [6.07, 6.45) is -1.39. The third-order valence-corrected chi connectivity index (χ3v) is 2.34. The average molecular weight is 224 g/mol. The van der Waals surface area contributed by atoms with Gasteiger partial charge in [0.1, 0.15) is 5.75 Å². The van der Waals surface area contributed by atoms with Gasteiger partial charge in [-0.1, -0.05) is 0 Å². The minimum absolute atomic E-state index is 0.161. The molecule has 0 aliphatic carbocycles. The Balaban J connectivity index is 2.62.